The number of nitrogens with two attached hydrogens (primary N) is 1. The van der Waals surface area contributed by atoms with Crippen LogP contribution in [0.5, 0.6) is 0 Å². The number of nitrogen functional groups attached to an aromatic ring is 1. The largest absolute Gasteiger partial charge is 0.398 e. The van der Waals surface area contributed by atoms with Gasteiger partial charge in [0.25, 0.3) is 11.8 Å². The maximum atomic E-state index is 13.8. The highest BCUT2D eigenvalue weighted by Crippen LogP contribution is 2.29. The quantitative estimate of drug-likeness (QED) is 0.842. The number of hydrogen-bond acceptors (Lipinski definition) is 5. The van der Waals surface area contributed by atoms with Crippen LogP contribution in [0.3, 0.4) is 0 Å². The lowest BCUT2D eigenvalue weighted by Gasteiger charge is -2.24. The van der Waals surface area contributed by atoms with Crippen molar-refractivity contribution in [2.45, 2.75) is 19.3 Å². The van der Waals surface area contributed by atoms with Gasteiger partial charge in [0.1, 0.15) is 5.82 Å². The van der Waals surface area contributed by atoms with Crippen LogP contribution in [0.1, 0.15) is 19.3 Å². The molecular formula is C13H15FN4O. The standard InChI is InChI=1S/C13H15FN4O/c14-9-5-4-6-10(15)11(9)12-16-13(17-19-12)18-7-2-1-3-8-18/h4-6H,1-3,7-8,15H2. The smallest absolute Gasteiger partial charge is 0.266 e. The summed E-state index contributed by atoms with van der Waals surface area (Å²) in [4.78, 5) is 6.30. The van der Waals surface area contributed by atoms with E-state index in [0.717, 1.165) is 25.9 Å². The Bertz CT molecular complexity index is 558. The van der Waals surface area contributed by atoms with Crippen molar-refractivity contribution >= 4 is 11.6 Å². The first-order valence-corrected chi connectivity index (χ1v) is 6.39. The van der Waals surface area contributed by atoms with Gasteiger partial charge in [-0.05, 0) is 36.6 Å². The second-order valence-corrected chi connectivity index (χ2v) is 4.65. The number of piperidine rings is 1. The number of anilines is 2. The predicted molar refractivity (Wildman–Crippen MR) is 70.2 cm³/mol. The molecule has 100 valence electrons. The fraction of sp³-hybridized carbons (Fsp3) is 0.385. The van der Waals surface area contributed by atoms with Gasteiger partial charge in [-0.1, -0.05) is 6.07 Å². The normalized spacial score (nSPS) is 15.7. The third kappa shape index (κ3) is 2.25. The molecule has 6 heteroatoms. The minimum atomic E-state index is -0.450. The van der Waals surface area contributed by atoms with Gasteiger partial charge in [0.15, 0.2) is 0 Å². The molecule has 19 heavy (non-hydrogen) atoms. The summed E-state index contributed by atoms with van der Waals surface area (Å²) >= 11 is 0. The minimum absolute atomic E-state index is 0.135. The third-order valence-electron chi connectivity index (χ3n) is 3.31. The molecule has 5 nitrogen and oxygen atoms in total. The fourth-order valence-electron chi connectivity index (χ4n) is 2.31. The number of benzene rings is 1. The molecule has 2 aromatic rings. The number of hydrogen-bond donors (Lipinski definition) is 1. The zero-order valence-corrected chi connectivity index (χ0v) is 10.5. The second-order valence-electron chi connectivity index (χ2n) is 4.65. The van der Waals surface area contributed by atoms with Crippen molar-refractivity contribution in [1.82, 2.24) is 10.1 Å². The molecule has 1 fully saturated rings. The van der Waals surface area contributed by atoms with Crippen molar-refractivity contribution in [1.29, 1.82) is 0 Å². The molecule has 1 aromatic carbocycles. The Labute approximate surface area is 110 Å². The molecule has 0 bridgehead atoms. The van der Waals surface area contributed by atoms with Gasteiger partial charge in [0.2, 0.25) is 0 Å². The molecule has 0 atom stereocenters. The summed E-state index contributed by atoms with van der Waals surface area (Å²) in [5.74, 6) is 0.197. The van der Waals surface area contributed by atoms with Gasteiger partial charge in [-0.15, -0.1) is 0 Å². The Hall–Kier alpha value is -2.11. The maximum absolute atomic E-state index is 13.8. The lowest BCUT2D eigenvalue weighted by atomic mass is 10.1. The van der Waals surface area contributed by atoms with E-state index < -0.39 is 5.82 Å². The van der Waals surface area contributed by atoms with Crippen LogP contribution in [0, 0.1) is 5.82 Å². The summed E-state index contributed by atoms with van der Waals surface area (Å²) in [5, 5.41) is 3.92. The van der Waals surface area contributed by atoms with E-state index in [2.05, 4.69) is 10.1 Å². The molecule has 0 unspecified atom stereocenters. The molecule has 1 aliphatic rings. The topological polar surface area (TPSA) is 68.2 Å². The number of halogens is 1. The first kappa shape index (κ1) is 12.0. The molecule has 0 saturated carbocycles. The Balaban J connectivity index is 1.92. The van der Waals surface area contributed by atoms with E-state index in [-0.39, 0.29) is 11.5 Å². The van der Waals surface area contributed by atoms with Gasteiger partial charge in [0, 0.05) is 18.8 Å². The minimum Gasteiger partial charge on any atom is -0.398 e. The van der Waals surface area contributed by atoms with Crippen LogP contribution in [0.25, 0.3) is 11.5 Å². The van der Waals surface area contributed by atoms with Crippen molar-refractivity contribution in [2.75, 3.05) is 23.7 Å². The van der Waals surface area contributed by atoms with Crippen molar-refractivity contribution in [3.8, 4) is 11.5 Å². The molecule has 0 spiro atoms. The van der Waals surface area contributed by atoms with E-state index in [1.54, 1.807) is 12.1 Å². The van der Waals surface area contributed by atoms with Crippen LogP contribution in [0.15, 0.2) is 22.7 Å². The Morgan fingerprint density at radius 2 is 2.00 bits per heavy atom. The van der Waals surface area contributed by atoms with E-state index in [1.807, 2.05) is 4.90 Å². The van der Waals surface area contributed by atoms with Gasteiger partial charge in [-0.25, -0.2) is 4.39 Å². The first-order valence-electron chi connectivity index (χ1n) is 6.39. The third-order valence-corrected chi connectivity index (χ3v) is 3.31. The maximum Gasteiger partial charge on any atom is 0.266 e. The van der Waals surface area contributed by atoms with E-state index in [4.69, 9.17) is 10.3 Å². The summed E-state index contributed by atoms with van der Waals surface area (Å²) in [5.41, 5.74) is 6.24. The van der Waals surface area contributed by atoms with Crippen LogP contribution in [0.4, 0.5) is 16.0 Å². The summed E-state index contributed by atoms with van der Waals surface area (Å²) in [7, 11) is 0. The molecule has 0 radical (unpaired) electrons. The average molecular weight is 262 g/mol. The molecule has 1 aromatic heterocycles. The van der Waals surface area contributed by atoms with Crippen molar-refractivity contribution < 1.29 is 8.91 Å². The van der Waals surface area contributed by atoms with Crippen LogP contribution in [0.2, 0.25) is 0 Å². The lowest BCUT2D eigenvalue weighted by molar-refractivity contribution is 0.424. The molecule has 0 aliphatic carbocycles. The monoisotopic (exact) mass is 262 g/mol. The Morgan fingerprint density at radius 3 is 2.74 bits per heavy atom. The van der Waals surface area contributed by atoms with Crippen LogP contribution in [-0.4, -0.2) is 23.2 Å². The lowest BCUT2D eigenvalue weighted by Crippen LogP contribution is -2.30. The second kappa shape index (κ2) is 4.87. The SMILES string of the molecule is Nc1cccc(F)c1-c1nc(N2CCCCC2)no1. The molecule has 1 saturated heterocycles. The summed E-state index contributed by atoms with van der Waals surface area (Å²) in [6.07, 6.45) is 3.46. The van der Waals surface area contributed by atoms with Gasteiger partial charge in [-0.2, -0.15) is 4.98 Å². The summed E-state index contributed by atoms with van der Waals surface area (Å²) in [6, 6.07) is 4.50. The van der Waals surface area contributed by atoms with Gasteiger partial charge < -0.3 is 15.2 Å². The summed E-state index contributed by atoms with van der Waals surface area (Å²) in [6.45, 7) is 1.82. The average Bonchev–Trinajstić information content (AvgIpc) is 2.89. The van der Waals surface area contributed by atoms with Crippen molar-refractivity contribution in [3.63, 3.8) is 0 Å². The van der Waals surface area contributed by atoms with E-state index in [0.29, 0.717) is 11.6 Å². The van der Waals surface area contributed by atoms with Crippen LogP contribution < -0.4 is 10.6 Å². The zero-order valence-electron chi connectivity index (χ0n) is 10.5. The summed E-state index contributed by atoms with van der Waals surface area (Å²) < 4.78 is 18.9. The highest BCUT2D eigenvalue weighted by atomic mass is 19.1. The predicted octanol–water partition coefficient (Wildman–Crippen LogP) is 2.45. The van der Waals surface area contributed by atoms with E-state index >= 15 is 0 Å². The van der Waals surface area contributed by atoms with E-state index in [9.17, 15) is 4.39 Å². The van der Waals surface area contributed by atoms with Crippen molar-refractivity contribution in [2.24, 2.45) is 0 Å². The zero-order chi connectivity index (χ0) is 13.2. The highest BCUT2D eigenvalue weighted by Gasteiger charge is 2.20. The Kier molecular flexibility index (Phi) is 3.06. The number of aromatic nitrogens is 2. The van der Waals surface area contributed by atoms with E-state index in [1.165, 1.54) is 12.5 Å². The molecule has 3 rings (SSSR count). The van der Waals surface area contributed by atoms with Gasteiger partial charge >= 0.3 is 0 Å². The van der Waals surface area contributed by atoms with Gasteiger partial charge in [0.05, 0.1) is 5.56 Å². The molecular weight excluding hydrogens is 247 g/mol. The first-order chi connectivity index (χ1) is 9.25. The molecule has 2 N–H and O–H groups in total. The number of rotatable bonds is 2. The highest BCUT2D eigenvalue weighted by molar-refractivity contribution is 5.71. The van der Waals surface area contributed by atoms with Gasteiger partial charge in [-0.3, -0.25) is 0 Å². The van der Waals surface area contributed by atoms with Crippen molar-refractivity contribution in [3.05, 3.63) is 24.0 Å². The van der Waals surface area contributed by atoms with Crippen LogP contribution >= 0.6 is 0 Å². The Morgan fingerprint density at radius 1 is 1.21 bits per heavy atom. The van der Waals surface area contributed by atoms with Crippen LogP contribution in [-0.2, 0) is 0 Å². The molecule has 0 amide bonds. The number of nitrogens with zero attached hydrogens (tertiary/aromatic N) is 3. The fourth-order valence-corrected chi connectivity index (χ4v) is 2.31. The molecule has 1 aliphatic heterocycles. The molecule has 2 heterocycles.